The topological polar surface area (TPSA) is 41.8 Å². The van der Waals surface area contributed by atoms with Gasteiger partial charge in [-0.05, 0) is 12.1 Å². The zero-order valence-corrected chi connectivity index (χ0v) is 7.95. The molecule has 0 bridgehead atoms. The second-order valence-corrected chi connectivity index (χ2v) is 2.64. The van der Waals surface area contributed by atoms with Gasteiger partial charge in [-0.2, -0.15) is 0 Å². The molecule has 0 spiro atoms. The van der Waals surface area contributed by atoms with Crippen LogP contribution in [0.5, 0.6) is 5.75 Å². The molecule has 70 valence electrons. The normalized spacial score (nSPS) is 11.4. The first-order valence-electron chi connectivity index (χ1n) is 3.74. The first-order chi connectivity index (χ1) is 6.29. The smallest absolute Gasteiger partial charge is 0.124 e. The summed E-state index contributed by atoms with van der Waals surface area (Å²) in [5.74, 6) is 0.352. The highest BCUT2D eigenvalue weighted by Gasteiger charge is 2.07. The number of phenols is 1. The van der Waals surface area contributed by atoms with Crippen molar-refractivity contribution in [3.05, 3.63) is 29.8 Å². The minimum absolute atomic E-state index is 0.152. The Kier molecular flexibility index (Phi) is 3.58. The van der Waals surface area contributed by atoms with E-state index in [4.69, 9.17) is 11.6 Å². The van der Waals surface area contributed by atoms with Gasteiger partial charge in [0, 0.05) is 5.56 Å². The Morgan fingerprint density at radius 3 is 2.77 bits per heavy atom. The average molecular weight is 200 g/mol. The molecule has 0 radical (unpaired) electrons. The molecule has 0 aliphatic rings. The van der Waals surface area contributed by atoms with Crippen LogP contribution in [0, 0.1) is 0 Å². The molecule has 4 heteroatoms. The summed E-state index contributed by atoms with van der Waals surface area (Å²) in [4.78, 5) is 4.60. The van der Waals surface area contributed by atoms with Crippen LogP contribution in [-0.2, 0) is 4.84 Å². The van der Waals surface area contributed by atoms with Gasteiger partial charge in [0.1, 0.15) is 18.6 Å². The highest BCUT2D eigenvalue weighted by molar-refractivity contribution is 6.32. The van der Waals surface area contributed by atoms with Crippen LogP contribution in [-0.4, -0.2) is 23.8 Å². The molecule has 0 amide bonds. The number of benzene rings is 1. The lowest BCUT2D eigenvalue weighted by molar-refractivity contribution is 0.213. The standard InChI is InChI=1S/C9H10ClNO2/c1-13-11-8(6-10)7-4-2-3-5-9(7)12/h2-5,12H,6H2,1H3/b11-8+. The Morgan fingerprint density at radius 1 is 1.54 bits per heavy atom. The zero-order chi connectivity index (χ0) is 9.68. The van der Waals surface area contributed by atoms with Gasteiger partial charge in [-0.1, -0.05) is 17.3 Å². The van der Waals surface area contributed by atoms with Crippen LogP contribution in [0.1, 0.15) is 5.56 Å². The molecule has 3 nitrogen and oxygen atoms in total. The van der Waals surface area contributed by atoms with E-state index in [-0.39, 0.29) is 11.6 Å². The summed E-state index contributed by atoms with van der Waals surface area (Å²) in [6.07, 6.45) is 0. The second-order valence-electron chi connectivity index (χ2n) is 2.37. The van der Waals surface area contributed by atoms with Crippen molar-refractivity contribution >= 4 is 17.3 Å². The molecule has 0 heterocycles. The van der Waals surface area contributed by atoms with Gasteiger partial charge in [0.15, 0.2) is 0 Å². The Bertz CT molecular complexity index is 312. The minimum atomic E-state index is 0.152. The van der Waals surface area contributed by atoms with E-state index in [9.17, 15) is 5.11 Å². The van der Waals surface area contributed by atoms with E-state index in [0.717, 1.165) is 0 Å². The maximum absolute atomic E-state index is 9.44. The van der Waals surface area contributed by atoms with Crippen LogP contribution in [0.25, 0.3) is 0 Å². The van der Waals surface area contributed by atoms with Gasteiger partial charge in [0.2, 0.25) is 0 Å². The number of alkyl halides is 1. The predicted octanol–water partition coefficient (Wildman–Crippen LogP) is 1.98. The van der Waals surface area contributed by atoms with Crippen molar-refractivity contribution in [2.45, 2.75) is 0 Å². The third-order valence-electron chi connectivity index (χ3n) is 1.54. The summed E-state index contributed by atoms with van der Waals surface area (Å²) in [7, 11) is 1.44. The van der Waals surface area contributed by atoms with Crippen LogP contribution in [0.15, 0.2) is 29.4 Å². The van der Waals surface area contributed by atoms with Crippen LogP contribution >= 0.6 is 11.6 Å². The molecular weight excluding hydrogens is 190 g/mol. The Balaban J connectivity index is 3.05. The quantitative estimate of drug-likeness (QED) is 0.460. The number of para-hydroxylation sites is 1. The number of hydrogen-bond acceptors (Lipinski definition) is 3. The molecular formula is C9H10ClNO2. The van der Waals surface area contributed by atoms with Crippen molar-refractivity contribution in [2.75, 3.05) is 13.0 Å². The lowest BCUT2D eigenvalue weighted by Crippen LogP contribution is -2.03. The molecule has 0 saturated carbocycles. The van der Waals surface area contributed by atoms with Gasteiger partial charge in [0.25, 0.3) is 0 Å². The second kappa shape index (κ2) is 4.72. The predicted molar refractivity (Wildman–Crippen MR) is 52.4 cm³/mol. The fourth-order valence-electron chi connectivity index (χ4n) is 0.973. The molecule has 13 heavy (non-hydrogen) atoms. The van der Waals surface area contributed by atoms with Crippen molar-refractivity contribution in [3.8, 4) is 5.75 Å². The van der Waals surface area contributed by atoms with Crippen molar-refractivity contribution < 1.29 is 9.94 Å². The van der Waals surface area contributed by atoms with Crippen LogP contribution in [0.4, 0.5) is 0 Å². The van der Waals surface area contributed by atoms with Gasteiger partial charge in [-0.3, -0.25) is 0 Å². The minimum Gasteiger partial charge on any atom is -0.507 e. The van der Waals surface area contributed by atoms with Crippen LogP contribution in [0.3, 0.4) is 0 Å². The number of oxime groups is 1. The number of phenolic OH excluding ortho intramolecular Hbond substituents is 1. The molecule has 1 N–H and O–H groups in total. The van der Waals surface area contributed by atoms with E-state index < -0.39 is 0 Å². The van der Waals surface area contributed by atoms with Crippen molar-refractivity contribution in [2.24, 2.45) is 5.16 Å². The van der Waals surface area contributed by atoms with E-state index in [1.165, 1.54) is 7.11 Å². The van der Waals surface area contributed by atoms with E-state index >= 15 is 0 Å². The first-order valence-corrected chi connectivity index (χ1v) is 4.27. The number of rotatable bonds is 3. The van der Waals surface area contributed by atoms with Gasteiger partial charge in [-0.15, -0.1) is 11.6 Å². The summed E-state index contributed by atoms with van der Waals surface area (Å²) >= 11 is 5.63. The molecule has 0 aliphatic heterocycles. The van der Waals surface area contributed by atoms with Gasteiger partial charge >= 0.3 is 0 Å². The zero-order valence-electron chi connectivity index (χ0n) is 7.20. The number of nitrogens with zero attached hydrogens (tertiary/aromatic N) is 1. The molecule has 1 aromatic carbocycles. The average Bonchev–Trinajstić information content (AvgIpc) is 2.16. The van der Waals surface area contributed by atoms with Crippen molar-refractivity contribution in [1.82, 2.24) is 0 Å². The molecule has 0 unspecified atom stereocenters. The van der Waals surface area contributed by atoms with E-state index in [0.29, 0.717) is 11.3 Å². The molecule has 0 aliphatic carbocycles. The summed E-state index contributed by atoms with van der Waals surface area (Å²) in [6.45, 7) is 0. The Hall–Kier alpha value is -1.22. The van der Waals surface area contributed by atoms with Crippen molar-refractivity contribution in [3.63, 3.8) is 0 Å². The number of halogens is 1. The molecule has 0 fully saturated rings. The maximum atomic E-state index is 9.44. The van der Waals surface area contributed by atoms with Gasteiger partial charge < -0.3 is 9.94 Å². The summed E-state index contributed by atoms with van der Waals surface area (Å²) in [6, 6.07) is 6.84. The highest BCUT2D eigenvalue weighted by Crippen LogP contribution is 2.17. The number of aromatic hydroxyl groups is 1. The molecule has 1 aromatic rings. The highest BCUT2D eigenvalue weighted by atomic mass is 35.5. The summed E-state index contributed by atoms with van der Waals surface area (Å²) in [5.41, 5.74) is 1.11. The van der Waals surface area contributed by atoms with Crippen molar-refractivity contribution in [1.29, 1.82) is 0 Å². The number of hydrogen-bond donors (Lipinski definition) is 1. The maximum Gasteiger partial charge on any atom is 0.124 e. The van der Waals surface area contributed by atoms with Crippen LogP contribution < -0.4 is 0 Å². The fourth-order valence-corrected chi connectivity index (χ4v) is 1.17. The third-order valence-corrected chi connectivity index (χ3v) is 1.80. The summed E-state index contributed by atoms with van der Waals surface area (Å²) in [5, 5.41) is 13.1. The lowest BCUT2D eigenvalue weighted by atomic mass is 10.1. The first kappa shape index (κ1) is 9.86. The van der Waals surface area contributed by atoms with E-state index in [2.05, 4.69) is 9.99 Å². The van der Waals surface area contributed by atoms with E-state index in [1.54, 1.807) is 24.3 Å². The lowest BCUT2D eigenvalue weighted by Gasteiger charge is -2.03. The largest absolute Gasteiger partial charge is 0.507 e. The third kappa shape index (κ3) is 2.36. The molecule has 0 saturated heterocycles. The molecule has 0 aromatic heterocycles. The Morgan fingerprint density at radius 2 is 2.23 bits per heavy atom. The SMILES string of the molecule is CO/N=C(\CCl)c1ccccc1O. The fraction of sp³-hybridized carbons (Fsp3) is 0.222. The Labute approximate surface area is 81.6 Å². The summed E-state index contributed by atoms with van der Waals surface area (Å²) < 4.78 is 0. The molecule has 1 rings (SSSR count). The van der Waals surface area contributed by atoms with Crippen LogP contribution in [0.2, 0.25) is 0 Å². The monoisotopic (exact) mass is 199 g/mol. The van der Waals surface area contributed by atoms with Gasteiger partial charge in [0.05, 0.1) is 5.88 Å². The van der Waals surface area contributed by atoms with Gasteiger partial charge in [-0.25, -0.2) is 0 Å². The van der Waals surface area contributed by atoms with E-state index in [1.807, 2.05) is 0 Å². The molecule has 0 atom stereocenters.